The van der Waals surface area contributed by atoms with Crippen LogP contribution in [0.4, 0.5) is 5.69 Å². The molecule has 2 N–H and O–H groups in total. The van der Waals surface area contributed by atoms with Gasteiger partial charge in [-0.2, -0.15) is 0 Å². The number of likely N-dealkylation sites (N-methyl/N-ethyl adjacent to an activating group) is 1. The van der Waals surface area contributed by atoms with Crippen molar-refractivity contribution >= 4 is 17.5 Å². The molecule has 1 heterocycles. The Bertz CT molecular complexity index is 998. The molecule has 0 spiro atoms. The molecule has 3 rings (SSSR count). The van der Waals surface area contributed by atoms with Gasteiger partial charge in [-0.25, -0.2) is 0 Å². The molecule has 1 atom stereocenters. The third kappa shape index (κ3) is 6.45. The maximum atomic E-state index is 12.3. The smallest absolute Gasteiger partial charge is 0.291 e. The van der Waals surface area contributed by atoms with Crippen molar-refractivity contribution in [2.45, 2.75) is 13.0 Å². The fourth-order valence-corrected chi connectivity index (χ4v) is 3.06. The molecule has 0 fully saturated rings. The molecule has 0 aliphatic carbocycles. The Morgan fingerprint density at radius 2 is 1.84 bits per heavy atom. The van der Waals surface area contributed by atoms with Crippen LogP contribution in [0.25, 0.3) is 0 Å². The predicted octanol–water partition coefficient (Wildman–Crippen LogP) is 3.64. The van der Waals surface area contributed by atoms with E-state index in [-0.39, 0.29) is 30.2 Å². The average Bonchev–Trinajstić information content (AvgIpc) is 3.29. The Morgan fingerprint density at radius 1 is 1.06 bits per heavy atom. The molecule has 7 nitrogen and oxygen atoms in total. The lowest BCUT2D eigenvalue weighted by Gasteiger charge is -2.25. The van der Waals surface area contributed by atoms with E-state index in [2.05, 4.69) is 39.8 Å². The SMILES string of the molecule is Cc1ccc(C(CNC(=O)COc2cccc(NC(=O)c3ccco3)c2)N(C)C)cc1. The summed E-state index contributed by atoms with van der Waals surface area (Å²) >= 11 is 0. The van der Waals surface area contributed by atoms with Gasteiger partial charge in [-0.15, -0.1) is 0 Å². The molecule has 0 aliphatic rings. The summed E-state index contributed by atoms with van der Waals surface area (Å²) in [7, 11) is 3.96. The molecule has 1 aromatic heterocycles. The number of hydrogen-bond acceptors (Lipinski definition) is 5. The van der Waals surface area contributed by atoms with Crippen LogP contribution >= 0.6 is 0 Å². The van der Waals surface area contributed by atoms with Gasteiger partial charge in [0.15, 0.2) is 12.4 Å². The number of carbonyl (C=O) groups excluding carboxylic acids is 2. The van der Waals surface area contributed by atoms with Crippen molar-refractivity contribution in [3.63, 3.8) is 0 Å². The number of furan rings is 1. The summed E-state index contributed by atoms with van der Waals surface area (Å²) in [6, 6.07) is 18.4. The third-order valence-corrected chi connectivity index (χ3v) is 4.78. The average molecular weight is 421 g/mol. The summed E-state index contributed by atoms with van der Waals surface area (Å²) in [5, 5.41) is 5.65. The second-order valence-corrected chi connectivity index (χ2v) is 7.44. The molecule has 162 valence electrons. The van der Waals surface area contributed by atoms with Crippen LogP contribution in [-0.2, 0) is 4.79 Å². The molecule has 2 amide bonds. The molecule has 1 unspecified atom stereocenters. The van der Waals surface area contributed by atoms with Crippen LogP contribution < -0.4 is 15.4 Å². The van der Waals surface area contributed by atoms with Crippen molar-refractivity contribution in [2.24, 2.45) is 0 Å². The standard InChI is InChI=1S/C24H27N3O4/c1-17-9-11-18(12-10-17)21(27(2)3)15-25-23(28)16-31-20-7-4-6-19(14-20)26-24(29)22-8-5-13-30-22/h4-14,21H,15-16H2,1-3H3,(H,25,28)(H,26,29). The van der Waals surface area contributed by atoms with Gasteiger partial charge in [0.1, 0.15) is 5.75 Å². The number of carbonyl (C=O) groups is 2. The highest BCUT2D eigenvalue weighted by Crippen LogP contribution is 2.19. The zero-order chi connectivity index (χ0) is 22.2. The van der Waals surface area contributed by atoms with Crippen LogP contribution in [0.1, 0.15) is 27.7 Å². The highest BCUT2D eigenvalue weighted by Gasteiger charge is 2.15. The molecule has 3 aromatic rings. The molecule has 0 bridgehead atoms. The van der Waals surface area contributed by atoms with Gasteiger partial charge >= 0.3 is 0 Å². The van der Waals surface area contributed by atoms with Crippen molar-refractivity contribution in [1.82, 2.24) is 10.2 Å². The number of hydrogen-bond donors (Lipinski definition) is 2. The van der Waals surface area contributed by atoms with Crippen LogP contribution in [0.15, 0.2) is 71.3 Å². The van der Waals surface area contributed by atoms with E-state index < -0.39 is 0 Å². The molecule has 0 saturated carbocycles. The lowest BCUT2D eigenvalue weighted by atomic mass is 10.0. The van der Waals surface area contributed by atoms with Crippen molar-refractivity contribution < 1.29 is 18.7 Å². The largest absolute Gasteiger partial charge is 0.484 e. The Morgan fingerprint density at radius 3 is 2.52 bits per heavy atom. The van der Waals surface area contributed by atoms with Crippen LogP contribution in [-0.4, -0.2) is 44.0 Å². The molecule has 7 heteroatoms. The van der Waals surface area contributed by atoms with Crippen LogP contribution in [0.5, 0.6) is 5.75 Å². The maximum Gasteiger partial charge on any atom is 0.291 e. The summed E-state index contributed by atoms with van der Waals surface area (Å²) in [6.07, 6.45) is 1.44. The number of aryl methyl sites for hydroxylation is 1. The van der Waals surface area contributed by atoms with Crippen molar-refractivity contribution in [3.05, 3.63) is 83.8 Å². The van der Waals surface area contributed by atoms with E-state index in [4.69, 9.17) is 9.15 Å². The summed E-state index contributed by atoms with van der Waals surface area (Å²) < 4.78 is 10.7. The van der Waals surface area contributed by atoms with Crippen molar-refractivity contribution in [1.29, 1.82) is 0 Å². The number of nitrogens with one attached hydrogen (secondary N) is 2. The second-order valence-electron chi connectivity index (χ2n) is 7.44. The number of nitrogens with zero attached hydrogens (tertiary/aromatic N) is 1. The van der Waals surface area contributed by atoms with Gasteiger partial charge in [-0.3, -0.25) is 9.59 Å². The van der Waals surface area contributed by atoms with Crippen LogP contribution in [0.3, 0.4) is 0 Å². The number of rotatable bonds is 9. The highest BCUT2D eigenvalue weighted by atomic mass is 16.5. The van der Waals surface area contributed by atoms with E-state index >= 15 is 0 Å². The van der Waals surface area contributed by atoms with Crippen molar-refractivity contribution in [2.75, 3.05) is 32.6 Å². The fraction of sp³-hybridized carbons (Fsp3) is 0.250. The second kappa shape index (κ2) is 10.4. The van der Waals surface area contributed by atoms with Gasteiger partial charge in [0.2, 0.25) is 0 Å². The van der Waals surface area contributed by atoms with Gasteiger partial charge in [0.05, 0.1) is 12.3 Å². The summed E-state index contributed by atoms with van der Waals surface area (Å²) in [5.41, 5.74) is 2.88. The minimum Gasteiger partial charge on any atom is -0.484 e. The molecular formula is C24H27N3O4. The molecule has 31 heavy (non-hydrogen) atoms. The van der Waals surface area contributed by atoms with E-state index in [1.807, 2.05) is 21.0 Å². The lowest BCUT2D eigenvalue weighted by Crippen LogP contribution is -2.36. The molecular weight excluding hydrogens is 394 g/mol. The minimum atomic E-state index is -0.356. The van der Waals surface area contributed by atoms with Gasteiger partial charge in [0.25, 0.3) is 11.8 Å². The normalized spacial score (nSPS) is 11.7. The summed E-state index contributed by atoms with van der Waals surface area (Å²) in [6.45, 7) is 2.39. The first-order chi connectivity index (χ1) is 14.9. The topological polar surface area (TPSA) is 83.8 Å². The Kier molecular flexibility index (Phi) is 7.45. The van der Waals surface area contributed by atoms with Crippen molar-refractivity contribution in [3.8, 4) is 5.75 Å². The lowest BCUT2D eigenvalue weighted by molar-refractivity contribution is -0.123. The first kappa shape index (κ1) is 22.1. The predicted molar refractivity (Wildman–Crippen MR) is 119 cm³/mol. The minimum absolute atomic E-state index is 0.0599. The summed E-state index contributed by atoms with van der Waals surface area (Å²) in [5.74, 6) is 0.125. The Hall–Kier alpha value is -3.58. The molecule has 0 aliphatic heterocycles. The molecule has 0 radical (unpaired) electrons. The van der Waals surface area contributed by atoms with Gasteiger partial charge in [-0.1, -0.05) is 35.9 Å². The first-order valence-electron chi connectivity index (χ1n) is 10.00. The quantitative estimate of drug-likeness (QED) is 0.551. The number of anilines is 1. The number of ether oxygens (including phenoxy) is 1. The highest BCUT2D eigenvalue weighted by molar-refractivity contribution is 6.02. The monoisotopic (exact) mass is 421 g/mol. The van der Waals surface area contributed by atoms with E-state index in [9.17, 15) is 9.59 Å². The fourth-order valence-electron chi connectivity index (χ4n) is 3.06. The van der Waals surface area contributed by atoms with E-state index in [0.29, 0.717) is 18.0 Å². The Labute approximate surface area is 182 Å². The van der Waals surface area contributed by atoms with E-state index in [1.54, 1.807) is 36.4 Å². The van der Waals surface area contributed by atoms with Crippen LogP contribution in [0.2, 0.25) is 0 Å². The van der Waals surface area contributed by atoms with Gasteiger partial charge in [-0.05, 0) is 50.8 Å². The van der Waals surface area contributed by atoms with Gasteiger partial charge < -0.3 is 24.7 Å². The van der Waals surface area contributed by atoms with Crippen LogP contribution in [0, 0.1) is 6.92 Å². The maximum absolute atomic E-state index is 12.3. The summed E-state index contributed by atoms with van der Waals surface area (Å²) in [4.78, 5) is 26.5. The third-order valence-electron chi connectivity index (χ3n) is 4.78. The number of amides is 2. The Balaban J connectivity index is 1.51. The first-order valence-corrected chi connectivity index (χ1v) is 10.00. The van der Waals surface area contributed by atoms with E-state index in [1.165, 1.54) is 11.8 Å². The zero-order valence-corrected chi connectivity index (χ0v) is 17.9. The molecule has 2 aromatic carbocycles. The zero-order valence-electron chi connectivity index (χ0n) is 17.9. The molecule has 0 saturated heterocycles. The van der Waals surface area contributed by atoms with Gasteiger partial charge in [0, 0.05) is 18.3 Å². The van der Waals surface area contributed by atoms with E-state index in [0.717, 1.165) is 5.56 Å². The number of benzene rings is 2.